The number of hydrogen-bond donors (Lipinski definition) is 1. The number of nitrogens with one attached hydrogen (secondary N) is 1. The lowest BCUT2D eigenvalue weighted by Gasteiger charge is -2.22. The monoisotopic (exact) mass is 346 g/mol. The molecule has 1 unspecified atom stereocenters. The van der Waals surface area contributed by atoms with Gasteiger partial charge in [0.2, 0.25) is 5.82 Å². The fraction of sp³-hybridized carbons (Fsp3) is 0.312. The number of aryl methyl sites for hydroxylation is 1. The van der Waals surface area contributed by atoms with Gasteiger partial charge < -0.3 is 14.7 Å². The van der Waals surface area contributed by atoms with Gasteiger partial charge in [-0.05, 0) is 26.2 Å². The molecule has 0 amide bonds. The third-order valence-corrected chi connectivity index (χ3v) is 3.92. The average Bonchev–Trinajstić information content (AvgIpc) is 3.17. The summed E-state index contributed by atoms with van der Waals surface area (Å²) in [5.74, 6) is 0.503. The Labute approximate surface area is 145 Å². The Morgan fingerprint density at radius 3 is 2.88 bits per heavy atom. The Kier molecular flexibility index (Phi) is 4.82. The molecule has 2 heterocycles. The Bertz CT molecular complexity index is 812. The Balaban J connectivity index is 1.70. The second-order valence-corrected chi connectivity index (χ2v) is 6.18. The summed E-state index contributed by atoms with van der Waals surface area (Å²) in [6.45, 7) is 0.621. The number of aromatic nitrogens is 4. The van der Waals surface area contributed by atoms with E-state index in [9.17, 15) is 0 Å². The van der Waals surface area contributed by atoms with Crippen molar-refractivity contribution in [2.75, 3.05) is 26.0 Å². The summed E-state index contributed by atoms with van der Waals surface area (Å²) in [4.78, 5) is 6.47. The summed E-state index contributed by atoms with van der Waals surface area (Å²) in [5.41, 5.74) is 1.93. The van der Waals surface area contributed by atoms with Crippen molar-refractivity contribution in [3.63, 3.8) is 0 Å². The fourth-order valence-corrected chi connectivity index (χ4v) is 2.63. The Morgan fingerprint density at radius 1 is 1.38 bits per heavy atom. The number of anilines is 1. The van der Waals surface area contributed by atoms with E-state index in [1.807, 2.05) is 45.7 Å². The molecule has 0 bridgehead atoms. The van der Waals surface area contributed by atoms with E-state index in [0.29, 0.717) is 23.4 Å². The molecular weight excluding hydrogens is 328 g/mol. The van der Waals surface area contributed by atoms with Crippen LogP contribution in [-0.2, 0) is 7.05 Å². The van der Waals surface area contributed by atoms with Crippen LogP contribution in [0.2, 0.25) is 5.02 Å². The van der Waals surface area contributed by atoms with Crippen LogP contribution >= 0.6 is 11.6 Å². The highest BCUT2D eigenvalue weighted by Gasteiger charge is 2.17. The van der Waals surface area contributed by atoms with E-state index >= 15 is 0 Å². The molecule has 3 aromatic rings. The molecule has 0 saturated heterocycles. The van der Waals surface area contributed by atoms with E-state index in [4.69, 9.17) is 16.1 Å². The molecule has 0 saturated carbocycles. The summed E-state index contributed by atoms with van der Waals surface area (Å²) in [7, 11) is 5.94. The van der Waals surface area contributed by atoms with Crippen LogP contribution in [-0.4, -0.2) is 45.5 Å². The SMILES string of the molecule is CN(C)C(CNc1nc(-c2cccc(Cl)c2)no1)c1cnn(C)c1. The molecular formula is C16H19ClN6O. The average molecular weight is 347 g/mol. The van der Waals surface area contributed by atoms with Gasteiger partial charge in [-0.25, -0.2) is 0 Å². The zero-order valence-electron chi connectivity index (χ0n) is 13.8. The van der Waals surface area contributed by atoms with Gasteiger partial charge in [0.25, 0.3) is 0 Å². The molecule has 1 atom stereocenters. The van der Waals surface area contributed by atoms with Crippen LogP contribution in [0.15, 0.2) is 41.2 Å². The van der Waals surface area contributed by atoms with Gasteiger partial charge in [-0.15, -0.1) is 0 Å². The van der Waals surface area contributed by atoms with Crippen LogP contribution in [0.25, 0.3) is 11.4 Å². The normalized spacial score (nSPS) is 12.5. The second-order valence-electron chi connectivity index (χ2n) is 5.74. The Hall–Kier alpha value is -2.38. The van der Waals surface area contributed by atoms with Crippen LogP contribution in [0, 0.1) is 0 Å². The van der Waals surface area contributed by atoms with Crippen molar-refractivity contribution in [3.05, 3.63) is 47.2 Å². The molecule has 0 aliphatic rings. The largest absolute Gasteiger partial charge is 0.336 e. The smallest absolute Gasteiger partial charge is 0.321 e. The van der Waals surface area contributed by atoms with E-state index in [-0.39, 0.29) is 6.04 Å². The van der Waals surface area contributed by atoms with E-state index in [2.05, 4.69) is 25.5 Å². The summed E-state index contributed by atoms with van der Waals surface area (Å²) >= 11 is 5.99. The number of halogens is 1. The maximum absolute atomic E-state index is 5.99. The van der Waals surface area contributed by atoms with Crippen LogP contribution in [0.1, 0.15) is 11.6 Å². The number of rotatable bonds is 6. The molecule has 1 aromatic carbocycles. The first kappa shape index (κ1) is 16.5. The van der Waals surface area contributed by atoms with Crippen molar-refractivity contribution in [2.45, 2.75) is 6.04 Å². The van der Waals surface area contributed by atoms with Crippen molar-refractivity contribution >= 4 is 17.6 Å². The van der Waals surface area contributed by atoms with Crippen LogP contribution in [0.3, 0.4) is 0 Å². The number of benzene rings is 1. The van der Waals surface area contributed by atoms with Gasteiger partial charge in [0, 0.05) is 35.9 Å². The molecule has 7 nitrogen and oxygen atoms in total. The van der Waals surface area contributed by atoms with E-state index in [1.165, 1.54) is 0 Å². The summed E-state index contributed by atoms with van der Waals surface area (Å²) in [6.07, 6.45) is 3.86. The molecule has 1 N–H and O–H groups in total. The maximum Gasteiger partial charge on any atom is 0.321 e. The minimum atomic E-state index is 0.139. The van der Waals surface area contributed by atoms with E-state index < -0.39 is 0 Å². The van der Waals surface area contributed by atoms with Crippen LogP contribution in [0.5, 0.6) is 0 Å². The molecule has 0 aliphatic carbocycles. The first-order valence-electron chi connectivity index (χ1n) is 7.51. The first-order valence-corrected chi connectivity index (χ1v) is 7.89. The highest BCUT2D eigenvalue weighted by Crippen LogP contribution is 2.22. The van der Waals surface area contributed by atoms with Crippen molar-refractivity contribution < 1.29 is 4.52 Å². The molecule has 0 aliphatic heterocycles. The lowest BCUT2D eigenvalue weighted by molar-refractivity contribution is 0.308. The summed E-state index contributed by atoms with van der Waals surface area (Å²) in [6, 6.07) is 7.86. The van der Waals surface area contributed by atoms with Gasteiger partial charge in [0.1, 0.15) is 0 Å². The first-order chi connectivity index (χ1) is 11.5. The van der Waals surface area contributed by atoms with Gasteiger partial charge in [-0.1, -0.05) is 28.9 Å². The zero-order chi connectivity index (χ0) is 17.1. The zero-order valence-corrected chi connectivity index (χ0v) is 14.5. The third kappa shape index (κ3) is 3.74. The topological polar surface area (TPSA) is 72.0 Å². The molecule has 2 aromatic heterocycles. The number of nitrogens with zero attached hydrogens (tertiary/aromatic N) is 5. The predicted octanol–water partition coefficient (Wildman–Crippen LogP) is 2.84. The highest BCUT2D eigenvalue weighted by molar-refractivity contribution is 6.30. The minimum absolute atomic E-state index is 0.139. The summed E-state index contributed by atoms with van der Waals surface area (Å²) in [5, 5.41) is 12.0. The van der Waals surface area contributed by atoms with E-state index in [1.54, 1.807) is 16.8 Å². The van der Waals surface area contributed by atoms with Crippen LogP contribution in [0.4, 0.5) is 6.01 Å². The Morgan fingerprint density at radius 2 is 2.21 bits per heavy atom. The minimum Gasteiger partial charge on any atom is -0.336 e. The molecule has 0 fully saturated rings. The predicted molar refractivity (Wildman–Crippen MR) is 92.9 cm³/mol. The lowest BCUT2D eigenvalue weighted by atomic mass is 10.1. The second kappa shape index (κ2) is 7.02. The fourth-order valence-electron chi connectivity index (χ4n) is 2.43. The lowest BCUT2D eigenvalue weighted by Crippen LogP contribution is -2.26. The van der Waals surface area contributed by atoms with Gasteiger partial charge in [-0.3, -0.25) is 4.68 Å². The molecule has 0 radical (unpaired) electrons. The van der Waals surface area contributed by atoms with E-state index in [0.717, 1.165) is 11.1 Å². The maximum atomic E-state index is 5.99. The van der Waals surface area contributed by atoms with Gasteiger partial charge >= 0.3 is 6.01 Å². The molecule has 24 heavy (non-hydrogen) atoms. The van der Waals surface area contributed by atoms with Gasteiger partial charge in [0.15, 0.2) is 0 Å². The standard InChI is InChI=1S/C16H19ClN6O/c1-22(2)14(12-8-19-23(3)10-12)9-18-16-20-15(21-24-16)11-5-4-6-13(17)7-11/h4-8,10,14H,9H2,1-3H3,(H,18,20,21). The quantitative estimate of drug-likeness (QED) is 0.740. The van der Waals surface area contributed by atoms with Crippen molar-refractivity contribution in [1.29, 1.82) is 0 Å². The molecule has 3 rings (SSSR count). The third-order valence-electron chi connectivity index (χ3n) is 3.69. The molecule has 126 valence electrons. The number of likely N-dealkylation sites (N-methyl/N-ethyl adjacent to an activating group) is 1. The van der Waals surface area contributed by atoms with Crippen molar-refractivity contribution in [1.82, 2.24) is 24.8 Å². The van der Waals surface area contributed by atoms with Gasteiger partial charge in [0.05, 0.1) is 12.2 Å². The number of hydrogen-bond acceptors (Lipinski definition) is 6. The molecule has 0 spiro atoms. The highest BCUT2D eigenvalue weighted by atomic mass is 35.5. The van der Waals surface area contributed by atoms with Crippen molar-refractivity contribution in [2.24, 2.45) is 7.05 Å². The van der Waals surface area contributed by atoms with Gasteiger partial charge in [-0.2, -0.15) is 10.1 Å². The van der Waals surface area contributed by atoms with Crippen LogP contribution < -0.4 is 5.32 Å². The summed E-state index contributed by atoms with van der Waals surface area (Å²) < 4.78 is 7.06. The molecule has 8 heteroatoms. The van der Waals surface area contributed by atoms with Crippen molar-refractivity contribution in [3.8, 4) is 11.4 Å².